The van der Waals surface area contributed by atoms with Crippen molar-refractivity contribution in [2.45, 2.75) is 12.8 Å². The minimum absolute atomic E-state index is 0.372. The normalized spacial score (nSPS) is 10.3. The van der Waals surface area contributed by atoms with Crippen LogP contribution in [0.4, 0.5) is 0 Å². The number of hydrogen-bond donors (Lipinski definition) is 0. The standard InChI is InChI=1S/C26H24O2/c1-3-20-14-16-21(17-15-20)23-10-7-11-24(19-23)25-13-6-5-9-22(25)12-8-18-28-26(27)4-2/h3-7,9-11,13-17,19H,1-2,8,12,18H2. The third kappa shape index (κ3) is 4.86. The maximum absolute atomic E-state index is 11.2. The molecule has 2 heteroatoms. The summed E-state index contributed by atoms with van der Waals surface area (Å²) in [6, 6.07) is 25.4. The number of ether oxygens (including phenoxy) is 1. The van der Waals surface area contributed by atoms with Gasteiger partial charge in [0.2, 0.25) is 0 Å². The SMILES string of the molecule is C=CC(=O)OCCCc1ccccc1-c1cccc(-c2ccc(C=C)cc2)c1. The smallest absolute Gasteiger partial charge is 0.330 e. The molecule has 0 spiro atoms. The van der Waals surface area contributed by atoms with Crippen LogP contribution in [-0.2, 0) is 16.0 Å². The van der Waals surface area contributed by atoms with Gasteiger partial charge in [0.05, 0.1) is 6.61 Å². The first-order valence-electron chi connectivity index (χ1n) is 9.41. The Morgan fingerprint density at radius 1 is 0.857 bits per heavy atom. The predicted octanol–water partition coefficient (Wildman–Crippen LogP) is 6.33. The van der Waals surface area contributed by atoms with Crippen LogP contribution in [-0.4, -0.2) is 12.6 Å². The van der Waals surface area contributed by atoms with Gasteiger partial charge in [-0.2, -0.15) is 0 Å². The van der Waals surface area contributed by atoms with Crippen molar-refractivity contribution in [3.63, 3.8) is 0 Å². The first-order valence-corrected chi connectivity index (χ1v) is 9.41. The fraction of sp³-hybridized carbons (Fsp3) is 0.115. The number of carbonyl (C=O) groups excluding carboxylic acids is 1. The third-order valence-corrected chi connectivity index (χ3v) is 4.67. The van der Waals surface area contributed by atoms with Crippen LogP contribution in [0.25, 0.3) is 28.3 Å². The van der Waals surface area contributed by atoms with Gasteiger partial charge in [0.25, 0.3) is 0 Å². The molecular weight excluding hydrogens is 344 g/mol. The average molecular weight is 368 g/mol. The lowest BCUT2D eigenvalue weighted by atomic mass is 9.94. The Balaban J connectivity index is 1.80. The number of hydrogen-bond acceptors (Lipinski definition) is 2. The lowest BCUT2D eigenvalue weighted by Crippen LogP contribution is -2.03. The summed E-state index contributed by atoms with van der Waals surface area (Å²) in [6.45, 7) is 7.62. The van der Waals surface area contributed by atoms with E-state index in [0.717, 1.165) is 18.4 Å². The van der Waals surface area contributed by atoms with Crippen molar-refractivity contribution < 1.29 is 9.53 Å². The van der Waals surface area contributed by atoms with Crippen LogP contribution in [0.1, 0.15) is 17.5 Å². The van der Waals surface area contributed by atoms with E-state index in [1.807, 2.05) is 12.1 Å². The minimum atomic E-state index is -0.372. The van der Waals surface area contributed by atoms with Crippen molar-refractivity contribution in [2.24, 2.45) is 0 Å². The summed E-state index contributed by atoms with van der Waals surface area (Å²) in [7, 11) is 0. The van der Waals surface area contributed by atoms with E-state index in [1.54, 1.807) is 0 Å². The molecule has 3 aromatic rings. The van der Waals surface area contributed by atoms with E-state index in [9.17, 15) is 4.79 Å². The van der Waals surface area contributed by atoms with Crippen LogP contribution in [0.2, 0.25) is 0 Å². The molecule has 2 nitrogen and oxygen atoms in total. The van der Waals surface area contributed by atoms with Crippen molar-refractivity contribution in [3.8, 4) is 22.3 Å². The van der Waals surface area contributed by atoms with Crippen molar-refractivity contribution in [1.29, 1.82) is 0 Å². The number of rotatable bonds is 8. The number of aryl methyl sites for hydroxylation is 1. The highest BCUT2D eigenvalue weighted by atomic mass is 16.5. The van der Waals surface area contributed by atoms with Gasteiger partial charge < -0.3 is 4.74 Å². The maximum atomic E-state index is 11.2. The molecular formula is C26H24O2. The molecule has 28 heavy (non-hydrogen) atoms. The summed E-state index contributed by atoms with van der Waals surface area (Å²) in [5.41, 5.74) is 7.12. The molecule has 3 aromatic carbocycles. The topological polar surface area (TPSA) is 26.3 Å². The summed E-state index contributed by atoms with van der Waals surface area (Å²) < 4.78 is 5.09. The van der Waals surface area contributed by atoms with Gasteiger partial charge in [-0.1, -0.05) is 86.0 Å². The van der Waals surface area contributed by atoms with Gasteiger partial charge in [-0.3, -0.25) is 0 Å². The second-order valence-electron chi connectivity index (χ2n) is 6.54. The van der Waals surface area contributed by atoms with Crippen LogP contribution >= 0.6 is 0 Å². The van der Waals surface area contributed by atoms with Gasteiger partial charge >= 0.3 is 5.97 Å². The lowest BCUT2D eigenvalue weighted by molar-refractivity contribution is -0.137. The summed E-state index contributed by atoms with van der Waals surface area (Å²) in [6.07, 6.45) is 4.67. The van der Waals surface area contributed by atoms with E-state index in [1.165, 1.54) is 33.9 Å². The quantitative estimate of drug-likeness (QED) is 0.264. The second kappa shape index (κ2) is 9.52. The fourth-order valence-corrected chi connectivity index (χ4v) is 3.19. The van der Waals surface area contributed by atoms with Gasteiger partial charge in [-0.05, 0) is 52.3 Å². The Morgan fingerprint density at radius 2 is 1.61 bits per heavy atom. The number of carbonyl (C=O) groups is 1. The Kier molecular flexibility index (Phi) is 6.59. The van der Waals surface area contributed by atoms with Crippen molar-refractivity contribution >= 4 is 12.0 Å². The van der Waals surface area contributed by atoms with E-state index in [0.29, 0.717) is 6.61 Å². The molecule has 3 rings (SSSR count). The lowest BCUT2D eigenvalue weighted by Gasteiger charge is -2.12. The third-order valence-electron chi connectivity index (χ3n) is 4.67. The van der Waals surface area contributed by atoms with E-state index in [4.69, 9.17) is 4.74 Å². The molecule has 0 fully saturated rings. The average Bonchev–Trinajstić information content (AvgIpc) is 2.77. The van der Waals surface area contributed by atoms with Gasteiger partial charge in [-0.25, -0.2) is 4.79 Å². The van der Waals surface area contributed by atoms with Crippen LogP contribution in [0, 0.1) is 0 Å². The molecule has 0 heterocycles. The predicted molar refractivity (Wildman–Crippen MR) is 117 cm³/mol. The first kappa shape index (κ1) is 19.4. The Morgan fingerprint density at radius 3 is 2.36 bits per heavy atom. The molecule has 0 aliphatic rings. The highest BCUT2D eigenvalue weighted by Gasteiger charge is 2.07. The second-order valence-corrected chi connectivity index (χ2v) is 6.54. The molecule has 0 aliphatic carbocycles. The molecule has 0 unspecified atom stereocenters. The Bertz CT molecular complexity index is 968. The van der Waals surface area contributed by atoms with E-state index in [2.05, 4.69) is 79.9 Å². The van der Waals surface area contributed by atoms with Gasteiger partial charge in [0.1, 0.15) is 0 Å². The molecule has 0 N–H and O–H groups in total. The van der Waals surface area contributed by atoms with Crippen LogP contribution in [0.15, 0.2) is 92.0 Å². The zero-order valence-electron chi connectivity index (χ0n) is 15.9. The van der Waals surface area contributed by atoms with Gasteiger partial charge in [-0.15, -0.1) is 0 Å². The number of benzene rings is 3. The molecule has 0 bridgehead atoms. The van der Waals surface area contributed by atoms with Crippen LogP contribution < -0.4 is 0 Å². The zero-order valence-corrected chi connectivity index (χ0v) is 15.9. The number of esters is 1. The molecule has 0 saturated carbocycles. The zero-order chi connectivity index (χ0) is 19.8. The largest absolute Gasteiger partial charge is 0.463 e. The molecule has 0 amide bonds. The Labute approximate surface area is 166 Å². The molecule has 0 aliphatic heterocycles. The molecule has 0 saturated heterocycles. The van der Waals surface area contributed by atoms with E-state index in [-0.39, 0.29) is 5.97 Å². The highest BCUT2D eigenvalue weighted by Crippen LogP contribution is 2.29. The molecule has 0 atom stereocenters. The summed E-state index contributed by atoms with van der Waals surface area (Å²) >= 11 is 0. The summed E-state index contributed by atoms with van der Waals surface area (Å²) in [4.78, 5) is 11.2. The Hall–Kier alpha value is -3.39. The van der Waals surface area contributed by atoms with E-state index < -0.39 is 0 Å². The monoisotopic (exact) mass is 368 g/mol. The minimum Gasteiger partial charge on any atom is -0.463 e. The fourth-order valence-electron chi connectivity index (χ4n) is 3.19. The van der Waals surface area contributed by atoms with Gasteiger partial charge in [0, 0.05) is 6.08 Å². The van der Waals surface area contributed by atoms with Crippen molar-refractivity contribution in [2.75, 3.05) is 6.61 Å². The van der Waals surface area contributed by atoms with Crippen LogP contribution in [0.5, 0.6) is 0 Å². The van der Waals surface area contributed by atoms with Crippen LogP contribution in [0.3, 0.4) is 0 Å². The first-order chi connectivity index (χ1) is 13.7. The maximum Gasteiger partial charge on any atom is 0.330 e. The van der Waals surface area contributed by atoms with Gasteiger partial charge in [0.15, 0.2) is 0 Å². The van der Waals surface area contributed by atoms with Crippen molar-refractivity contribution in [1.82, 2.24) is 0 Å². The summed E-state index contributed by atoms with van der Waals surface area (Å²) in [5.74, 6) is -0.372. The highest BCUT2D eigenvalue weighted by molar-refractivity contribution is 5.81. The van der Waals surface area contributed by atoms with Crippen molar-refractivity contribution in [3.05, 3.63) is 103 Å². The summed E-state index contributed by atoms with van der Waals surface area (Å²) in [5, 5.41) is 0. The molecule has 140 valence electrons. The molecule has 0 aromatic heterocycles. The van der Waals surface area contributed by atoms with E-state index >= 15 is 0 Å². The molecule has 0 radical (unpaired) electrons.